The fraction of sp³-hybridized carbons (Fsp3) is 0.412. The van der Waals surface area contributed by atoms with Crippen molar-refractivity contribution in [2.75, 3.05) is 57.5 Å². The van der Waals surface area contributed by atoms with Gasteiger partial charge in [-0.2, -0.15) is 45.6 Å². The molecule has 0 spiro atoms. The van der Waals surface area contributed by atoms with Gasteiger partial charge in [0, 0.05) is 25.2 Å². The van der Waals surface area contributed by atoms with E-state index in [2.05, 4.69) is 70.5 Å². The predicted molar refractivity (Wildman–Crippen MR) is 183 cm³/mol. The molecule has 0 bridgehead atoms. The van der Waals surface area contributed by atoms with Gasteiger partial charge >= 0.3 is 0 Å². The highest BCUT2D eigenvalue weighted by Gasteiger charge is 2.30. The molecule has 5 rings (SSSR count). The number of benzene rings is 3. The summed E-state index contributed by atoms with van der Waals surface area (Å²) in [6.45, 7) is 2.16. The van der Waals surface area contributed by atoms with E-state index in [1.807, 2.05) is 35.3 Å². The molecule has 2 aliphatic heterocycles. The lowest BCUT2D eigenvalue weighted by Crippen LogP contribution is -2.26. The van der Waals surface area contributed by atoms with Gasteiger partial charge in [-0.1, -0.05) is 30.3 Å². The van der Waals surface area contributed by atoms with Crippen LogP contribution in [0.4, 0.5) is 15.8 Å². The number of hydrogen-bond donors (Lipinski definition) is 0. The van der Waals surface area contributed by atoms with Gasteiger partial charge in [0.05, 0.1) is 29.1 Å². The predicted octanol–water partition coefficient (Wildman–Crippen LogP) is 8.63. The van der Waals surface area contributed by atoms with Gasteiger partial charge in [-0.15, -0.1) is 0 Å². The Kier molecular flexibility index (Phi) is 12.0. The van der Waals surface area contributed by atoms with Crippen LogP contribution in [-0.2, 0) is 0 Å². The Morgan fingerprint density at radius 1 is 0.738 bits per heavy atom. The zero-order valence-electron chi connectivity index (χ0n) is 24.1. The van der Waals surface area contributed by atoms with Crippen molar-refractivity contribution in [3.63, 3.8) is 0 Å². The van der Waals surface area contributed by atoms with Crippen molar-refractivity contribution in [3.8, 4) is 6.07 Å². The summed E-state index contributed by atoms with van der Waals surface area (Å²) in [6.07, 6.45) is 5.74. The van der Waals surface area contributed by atoms with Crippen molar-refractivity contribution in [2.24, 2.45) is 5.10 Å². The van der Waals surface area contributed by atoms with Crippen molar-refractivity contribution >= 4 is 52.4 Å². The van der Waals surface area contributed by atoms with Crippen molar-refractivity contribution in [1.82, 2.24) is 0 Å². The molecule has 42 heavy (non-hydrogen) atoms. The van der Waals surface area contributed by atoms with Crippen molar-refractivity contribution in [3.05, 3.63) is 95.3 Å². The van der Waals surface area contributed by atoms with Crippen LogP contribution in [0.25, 0.3) is 0 Å². The fourth-order valence-corrected chi connectivity index (χ4v) is 8.40. The van der Waals surface area contributed by atoms with E-state index in [4.69, 9.17) is 5.10 Å². The SMILES string of the molecule is N#Cc1ccc(C2=NN(c3cccc(F)c3)[C@H](c3ccc(N4CCCSCCCSCCCSCCC4)cc3)C2)cc1. The molecule has 0 amide bonds. The highest BCUT2D eigenvalue weighted by molar-refractivity contribution is 8.00. The zero-order valence-corrected chi connectivity index (χ0v) is 26.5. The molecule has 8 heteroatoms. The van der Waals surface area contributed by atoms with E-state index in [1.54, 1.807) is 12.1 Å². The third kappa shape index (κ3) is 8.72. The molecule has 0 saturated carbocycles. The Balaban J connectivity index is 1.32. The lowest BCUT2D eigenvalue weighted by Gasteiger charge is -2.27. The molecule has 0 N–H and O–H groups in total. The molecule has 1 atom stereocenters. The third-order valence-corrected chi connectivity index (χ3v) is 11.0. The second-order valence-electron chi connectivity index (χ2n) is 10.6. The highest BCUT2D eigenvalue weighted by atomic mass is 32.2. The minimum Gasteiger partial charge on any atom is -0.371 e. The number of anilines is 2. The quantitative estimate of drug-likeness (QED) is 0.292. The van der Waals surface area contributed by atoms with Gasteiger partial charge in [-0.3, -0.25) is 5.01 Å². The molecule has 0 aliphatic carbocycles. The Bertz CT molecular complexity index is 1320. The summed E-state index contributed by atoms with van der Waals surface area (Å²) < 4.78 is 14.2. The molecule has 220 valence electrons. The second-order valence-corrected chi connectivity index (χ2v) is 14.3. The molecule has 4 nitrogen and oxygen atoms in total. The minimum atomic E-state index is -0.272. The lowest BCUT2D eigenvalue weighted by atomic mass is 9.97. The summed E-state index contributed by atoms with van der Waals surface area (Å²) >= 11 is 6.32. The number of nitrogens with zero attached hydrogens (tertiary/aromatic N) is 4. The van der Waals surface area contributed by atoms with E-state index >= 15 is 0 Å². The number of nitriles is 1. The van der Waals surface area contributed by atoms with E-state index in [9.17, 15) is 9.65 Å². The normalized spacial score (nSPS) is 19.7. The smallest absolute Gasteiger partial charge is 0.125 e. The van der Waals surface area contributed by atoms with Crippen LogP contribution in [0.2, 0.25) is 0 Å². The van der Waals surface area contributed by atoms with Gasteiger partial charge in [0.1, 0.15) is 5.82 Å². The first-order chi connectivity index (χ1) is 20.7. The first-order valence-electron chi connectivity index (χ1n) is 14.9. The molecular formula is C34H39FN4S3. The van der Waals surface area contributed by atoms with E-state index in [1.165, 1.54) is 72.0 Å². The summed E-state index contributed by atoms with van der Waals surface area (Å²) in [5.41, 5.74) is 5.72. The van der Waals surface area contributed by atoms with E-state index in [-0.39, 0.29) is 11.9 Å². The summed E-state index contributed by atoms with van der Waals surface area (Å²) in [5.74, 6) is 7.30. The second kappa shape index (κ2) is 16.3. The van der Waals surface area contributed by atoms with Crippen molar-refractivity contribution in [2.45, 2.75) is 38.1 Å². The maximum absolute atomic E-state index is 14.2. The van der Waals surface area contributed by atoms with Crippen LogP contribution in [0.1, 0.15) is 54.8 Å². The van der Waals surface area contributed by atoms with Crippen LogP contribution >= 0.6 is 35.3 Å². The molecule has 1 saturated heterocycles. The van der Waals surface area contributed by atoms with Crippen LogP contribution in [0.5, 0.6) is 0 Å². The third-order valence-electron chi connectivity index (χ3n) is 7.56. The minimum absolute atomic E-state index is 0.0375. The van der Waals surface area contributed by atoms with Gasteiger partial charge in [0.15, 0.2) is 0 Å². The topological polar surface area (TPSA) is 42.6 Å². The van der Waals surface area contributed by atoms with Crippen LogP contribution in [0.15, 0.2) is 77.9 Å². The van der Waals surface area contributed by atoms with E-state index in [0.717, 1.165) is 35.6 Å². The summed E-state index contributed by atoms with van der Waals surface area (Å²) in [4.78, 5) is 2.56. The molecule has 2 heterocycles. The van der Waals surface area contributed by atoms with Crippen LogP contribution < -0.4 is 9.91 Å². The standard InChI is InChI=1S/C34H39FN4S3/c35-30-6-1-7-32(24-30)39-34(25-33(37-39)28-10-8-27(26-36)9-11-28)29-12-14-31(15-13-29)38-16-2-18-40-20-4-22-42-23-5-21-41-19-3-17-38/h1,6-15,24,34H,2-5,16-23,25H2/t34-/m0/s1. The van der Waals surface area contributed by atoms with E-state index < -0.39 is 0 Å². The Morgan fingerprint density at radius 3 is 1.95 bits per heavy atom. The molecular weight excluding hydrogens is 580 g/mol. The molecule has 0 aromatic heterocycles. The summed E-state index contributed by atoms with van der Waals surface area (Å²) in [5, 5.41) is 16.1. The highest BCUT2D eigenvalue weighted by Crippen LogP contribution is 2.37. The van der Waals surface area contributed by atoms with Crippen molar-refractivity contribution < 1.29 is 4.39 Å². The maximum Gasteiger partial charge on any atom is 0.125 e. The molecule has 0 radical (unpaired) electrons. The molecule has 3 aromatic rings. The average molecular weight is 619 g/mol. The molecule has 2 aliphatic rings. The Hall–Kier alpha value is -2.60. The van der Waals surface area contributed by atoms with Crippen LogP contribution in [0, 0.1) is 17.1 Å². The van der Waals surface area contributed by atoms with Crippen LogP contribution in [0.3, 0.4) is 0 Å². The fourth-order valence-electron chi connectivity index (χ4n) is 5.36. The zero-order chi connectivity index (χ0) is 29.0. The number of hydrazone groups is 1. The number of halogens is 1. The first-order valence-corrected chi connectivity index (χ1v) is 18.4. The number of thioether (sulfide) groups is 3. The van der Waals surface area contributed by atoms with Gasteiger partial charge in [-0.05, 0) is 114 Å². The van der Waals surface area contributed by atoms with Gasteiger partial charge in [0.2, 0.25) is 0 Å². The average Bonchev–Trinajstić information content (AvgIpc) is 3.47. The summed E-state index contributed by atoms with van der Waals surface area (Å²) in [7, 11) is 0. The maximum atomic E-state index is 14.2. The largest absolute Gasteiger partial charge is 0.371 e. The summed E-state index contributed by atoms with van der Waals surface area (Å²) in [6, 6.07) is 25.3. The molecule has 3 aromatic carbocycles. The lowest BCUT2D eigenvalue weighted by molar-refractivity contribution is 0.624. The van der Waals surface area contributed by atoms with E-state index in [0.29, 0.717) is 12.0 Å². The monoisotopic (exact) mass is 618 g/mol. The van der Waals surface area contributed by atoms with Crippen molar-refractivity contribution in [1.29, 1.82) is 5.26 Å². The first kappa shape index (κ1) is 30.8. The number of rotatable bonds is 4. The number of hydrogen-bond acceptors (Lipinski definition) is 7. The van der Waals surface area contributed by atoms with Gasteiger partial charge in [-0.25, -0.2) is 4.39 Å². The van der Waals surface area contributed by atoms with Crippen LogP contribution in [-0.4, -0.2) is 53.3 Å². The van der Waals surface area contributed by atoms with Gasteiger partial charge in [0.25, 0.3) is 0 Å². The molecule has 1 fully saturated rings. The van der Waals surface area contributed by atoms with Gasteiger partial charge < -0.3 is 4.90 Å². The molecule has 0 unspecified atom stereocenters. The Morgan fingerprint density at radius 2 is 1.36 bits per heavy atom. The Labute approximate surface area is 263 Å².